The average molecular weight is 449 g/mol. The van der Waals surface area contributed by atoms with E-state index >= 15 is 0 Å². The molecule has 30 heavy (non-hydrogen) atoms. The number of aryl methyl sites for hydroxylation is 2. The van der Waals surface area contributed by atoms with Gasteiger partial charge in [0.1, 0.15) is 5.15 Å². The highest BCUT2D eigenvalue weighted by Gasteiger charge is 2.14. The monoisotopic (exact) mass is 448 g/mol. The molecule has 0 saturated carbocycles. The molecule has 0 bridgehead atoms. The second kappa shape index (κ2) is 9.60. The molecule has 0 aliphatic rings. The zero-order valence-electron chi connectivity index (χ0n) is 16.2. The lowest BCUT2D eigenvalue weighted by atomic mass is 10.2. The van der Waals surface area contributed by atoms with Crippen molar-refractivity contribution in [2.75, 3.05) is 11.9 Å². The number of hydrogen-bond acceptors (Lipinski definition) is 6. The third-order valence-electron chi connectivity index (χ3n) is 4.01. The Balaban J connectivity index is 1.58. The number of carbonyl (C=O) groups excluding carboxylic acids is 2. The zero-order valence-corrected chi connectivity index (χ0v) is 17.7. The maximum absolute atomic E-state index is 11.9. The lowest BCUT2D eigenvalue weighted by Crippen LogP contribution is -2.19. The molecule has 0 atom stereocenters. The van der Waals surface area contributed by atoms with Crippen LogP contribution >= 0.6 is 23.2 Å². The summed E-state index contributed by atoms with van der Waals surface area (Å²) in [6.45, 7) is 3.40. The van der Waals surface area contributed by atoms with Crippen LogP contribution in [0.25, 0.3) is 6.08 Å². The minimum atomic E-state index is -0.701. The molecule has 0 spiro atoms. The Hall–Kier alpha value is -3.10. The smallest absolute Gasteiger partial charge is 0.331 e. The Kier molecular flexibility index (Phi) is 6.91. The van der Waals surface area contributed by atoms with Crippen molar-refractivity contribution in [2.24, 2.45) is 0 Å². The second-order valence-electron chi connectivity index (χ2n) is 6.36. The van der Waals surface area contributed by atoms with Crippen molar-refractivity contribution in [1.82, 2.24) is 14.9 Å². The van der Waals surface area contributed by atoms with Crippen LogP contribution < -0.4 is 5.32 Å². The first-order valence-corrected chi connectivity index (χ1v) is 9.63. The first-order valence-electron chi connectivity index (χ1n) is 8.88. The van der Waals surface area contributed by atoms with Crippen molar-refractivity contribution in [3.8, 4) is 0 Å². The molecule has 0 aliphatic heterocycles. The molecule has 3 rings (SSSR count). The van der Waals surface area contributed by atoms with Gasteiger partial charge in [-0.05, 0) is 31.6 Å². The molecule has 0 fully saturated rings. The predicted molar refractivity (Wildman–Crippen MR) is 112 cm³/mol. The summed E-state index contributed by atoms with van der Waals surface area (Å²) in [7, 11) is 0. The quantitative estimate of drug-likeness (QED) is 0.432. The molecule has 0 saturated heterocycles. The Bertz CT molecular complexity index is 1100. The number of benzene rings is 1. The zero-order chi connectivity index (χ0) is 21.7. The summed E-state index contributed by atoms with van der Waals surface area (Å²) in [4.78, 5) is 23.7. The van der Waals surface area contributed by atoms with E-state index in [1.807, 2.05) is 18.2 Å². The normalized spacial score (nSPS) is 11.1. The van der Waals surface area contributed by atoms with Gasteiger partial charge in [-0.1, -0.05) is 46.6 Å². The summed E-state index contributed by atoms with van der Waals surface area (Å²) in [5, 5.41) is 11.4. The Labute approximate surface area is 182 Å². The Morgan fingerprint density at radius 1 is 1.27 bits per heavy atom. The molecule has 1 amide bonds. The van der Waals surface area contributed by atoms with Crippen LogP contribution in [-0.4, -0.2) is 33.4 Å². The van der Waals surface area contributed by atoms with Crippen molar-refractivity contribution in [3.05, 3.63) is 69.1 Å². The Morgan fingerprint density at radius 2 is 2.03 bits per heavy atom. The van der Waals surface area contributed by atoms with Crippen molar-refractivity contribution in [3.63, 3.8) is 0 Å². The lowest BCUT2D eigenvalue weighted by molar-refractivity contribution is -0.142. The maximum atomic E-state index is 11.9. The molecule has 2 aromatic heterocycles. The number of aromatic nitrogens is 3. The molecular weight excluding hydrogens is 431 g/mol. The minimum Gasteiger partial charge on any atom is -0.452 e. The molecular formula is C20H18Cl2N4O4. The Morgan fingerprint density at radius 3 is 2.73 bits per heavy atom. The summed E-state index contributed by atoms with van der Waals surface area (Å²) >= 11 is 12.6. The van der Waals surface area contributed by atoms with Gasteiger partial charge in [-0.3, -0.25) is 10.1 Å². The molecule has 1 aromatic carbocycles. The fraction of sp³-hybridized carbons (Fsp3) is 0.200. The summed E-state index contributed by atoms with van der Waals surface area (Å²) in [6, 6.07) is 8.94. The molecule has 0 radical (unpaired) electrons. The van der Waals surface area contributed by atoms with Crippen LogP contribution in [0.5, 0.6) is 0 Å². The predicted octanol–water partition coefficient (Wildman–Crippen LogP) is 4.04. The number of ether oxygens (including phenoxy) is 1. The van der Waals surface area contributed by atoms with E-state index in [0.29, 0.717) is 33.7 Å². The van der Waals surface area contributed by atoms with Crippen LogP contribution in [0, 0.1) is 13.8 Å². The molecule has 8 nitrogen and oxygen atoms in total. The van der Waals surface area contributed by atoms with Crippen LogP contribution in [0.1, 0.15) is 22.5 Å². The number of hydrogen-bond donors (Lipinski definition) is 1. The molecule has 10 heteroatoms. The molecule has 0 unspecified atom stereocenters. The van der Waals surface area contributed by atoms with Crippen molar-refractivity contribution >= 4 is 47.0 Å². The van der Waals surface area contributed by atoms with Crippen LogP contribution in [0.15, 0.2) is 40.9 Å². The number of halogens is 2. The van der Waals surface area contributed by atoms with E-state index in [-0.39, 0.29) is 5.88 Å². The highest BCUT2D eigenvalue weighted by Crippen LogP contribution is 2.24. The third-order valence-corrected chi connectivity index (χ3v) is 4.78. The largest absolute Gasteiger partial charge is 0.452 e. The number of rotatable bonds is 7. The van der Waals surface area contributed by atoms with E-state index in [1.54, 1.807) is 30.7 Å². The SMILES string of the molecule is Cc1cc(NC(=O)COC(=O)/C=C/c2c(C)nn(Cc3ccccc3Cl)c2Cl)on1. The fourth-order valence-electron chi connectivity index (χ4n) is 2.58. The third kappa shape index (κ3) is 5.49. The first-order chi connectivity index (χ1) is 14.3. The van der Waals surface area contributed by atoms with E-state index in [2.05, 4.69) is 15.6 Å². The highest BCUT2D eigenvalue weighted by molar-refractivity contribution is 6.32. The van der Waals surface area contributed by atoms with Gasteiger partial charge in [-0.25, -0.2) is 9.48 Å². The number of nitrogens with one attached hydrogen (secondary N) is 1. The van der Waals surface area contributed by atoms with Gasteiger partial charge in [-0.2, -0.15) is 5.10 Å². The summed E-state index contributed by atoms with van der Waals surface area (Å²) in [5.41, 5.74) is 2.69. The maximum Gasteiger partial charge on any atom is 0.331 e. The van der Waals surface area contributed by atoms with Gasteiger partial charge >= 0.3 is 5.97 Å². The second-order valence-corrected chi connectivity index (χ2v) is 7.13. The summed E-state index contributed by atoms with van der Waals surface area (Å²) < 4.78 is 11.4. The van der Waals surface area contributed by atoms with E-state index in [9.17, 15) is 9.59 Å². The van der Waals surface area contributed by atoms with E-state index in [1.165, 1.54) is 12.2 Å². The van der Waals surface area contributed by atoms with Crippen LogP contribution in [-0.2, 0) is 20.9 Å². The highest BCUT2D eigenvalue weighted by atomic mass is 35.5. The number of nitrogens with zero attached hydrogens (tertiary/aromatic N) is 3. The molecule has 3 aromatic rings. The van der Waals surface area contributed by atoms with Crippen molar-refractivity contribution in [2.45, 2.75) is 20.4 Å². The molecule has 0 aliphatic carbocycles. The minimum absolute atomic E-state index is 0.178. The molecule has 2 heterocycles. The topological polar surface area (TPSA) is 99.2 Å². The number of anilines is 1. The lowest BCUT2D eigenvalue weighted by Gasteiger charge is -2.05. The van der Waals surface area contributed by atoms with Gasteiger partial charge in [0, 0.05) is 22.7 Å². The van der Waals surface area contributed by atoms with Gasteiger partial charge in [0.25, 0.3) is 5.91 Å². The van der Waals surface area contributed by atoms with E-state index in [0.717, 1.165) is 5.56 Å². The van der Waals surface area contributed by atoms with Gasteiger partial charge in [0.2, 0.25) is 5.88 Å². The van der Waals surface area contributed by atoms with E-state index in [4.69, 9.17) is 32.5 Å². The van der Waals surface area contributed by atoms with Gasteiger partial charge in [0.05, 0.1) is 17.9 Å². The number of esters is 1. The number of amides is 1. The summed E-state index contributed by atoms with van der Waals surface area (Å²) in [5.74, 6) is -1.07. The first kappa shape index (κ1) is 21.6. The standard InChI is InChI=1S/C20H18Cl2N4O4/c1-12-9-18(30-25-12)23-17(27)11-29-19(28)8-7-15-13(2)24-26(20(15)22)10-14-5-3-4-6-16(14)21/h3-9H,10-11H2,1-2H3,(H,23,27)/b8-7+. The van der Waals surface area contributed by atoms with Crippen LogP contribution in [0.2, 0.25) is 10.2 Å². The van der Waals surface area contributed by atoms with Gasteiger partial charge < -0.3 is 9.26 Å². The van der Waals surface area contributed by atoms with Crippen LogP contribution in [0.4, 0.5) is 5.88 Å². The molecule has 1 N–H and O–H groups in total. The average Bonchev–Trinajstić information content (AvgIpc) is 3.23. The summed E-state index contributed by atoms with van der Waals surface area (Å²) in [6.07, 6.45) is 2.68. The van der Waals surface area contributed by atoms with Gasteiger partial charge in [-0.15, -0.1) is 0 Å². The van der Waals surface area contributed by atoms with Crippen molar-refractivity contribution in [1.29, 1.82) is 0 Å². The molecule has 156 valence electrons. The van der Waals surface area contributed by atoms with E-state index < -0.39 is 18.5 Å². The fourth-order valence-corrected chi connectivity index (χ4v) is 3.07. The van der Waals surface area contributed by atoms with Crippen LogP contribution in [0.3, 0.4) is 0 Å². The van der Waals surface area contributed by atoms with Gasteiger partial charge in [0.15, 0.2) is 6.61 Å². The van der Waals surface area contributed by atoms with Crippen molar-refractivity contribution < 1.29 is 18.8 Å². The number of carbonyl (C=O) groups is 2.